The molecule has 2 aromatic rings. The minimum Gasteiger partial charge on any atom is -0.334 e. The highest BCUT2D eigenvalue weighted by molar-refractivity contribution is 6.30. The average molecular weight is 360 g/mol. The first-order chi connectivity index (χ1) is 12.1. The predicted molar refractivity (Wildman–Crippen MR) is 101 cm³/mol. The van der Waals surface area contributed by atoms with Crippen molar-refractivity contribution in [1.82, 2.24) is 10.6 Å². The topological polar surface area (TPSA) is 70.2 Å². The Kier molecular flexibility index (Phi) is 7.44. The van der Waals surface area contributed by atoms with Crippen molar-refractivity contribution in [2.45, 2.75) is 32.5 Å². The van der Waals surface area contributed by atoms with Crippen LogP contribution in [-0.4, -0.2) is 18.4 Å². The monoisotopic (exact) mass is 359 g/mol. The van der Waals surface area contributed by atoms with Gasteiger partial charge in [0, 0.05) is 23.8 Å². The molecule has 2 aromatic carbocycles. The summed E-state index contributed by atoms with van der Waals surface area (Å²) in [6.07, 6.45) is 1.68. The number of anilines is 1. The Morgan fingerprint density at radius 1 is 1.04 bits per heavy atom. The highest BCUT2D eigenvalue weighted by atomic mass is 35.5. The molecule has 0 bridgehead atoms. The van der Waals surface area contributed by atoms with E-state index in [1.54, 1.807) is 12.1 Å². The van der Waals surface area contributed by atoms with Gasteiger partial charge in [-0.25, -0.2) is 4.79 Å². The van der Waals surface area contributed by atoms with E-state index in [0.717, 1.165) is 23.8 Å². The molecule has 2 rings (SSSR count). The first-order valence-corrected chi connectivity index (χ1v) is 8.55. The zero-order chi connectivity index (χ0) is 18.1. The Labute approximate surface area is 152 Å². The summed E-state index contributed by atoms with van der Waals surface area (Å²) in [6, 6.07) is 14.4. The summed E-state index contributed by atoms with van der Waals surface area (Å²) in [6.45, 7) is 3.00. The maximum absolute atomic E-state index is 11.9. The Bertz CT molecular complexity index is 687. The van der Waals surface area contributed by atoms with Crippen LogP contribution in [0.4, 0.5) is 10.5 Å². The SMILES string of the molecule is CC[C@@H](C=O)NCc1ccc(NC(=O)NCc2ccc(Cl)cc2)cc1. The Balaban J connectivity index is 1.78. The number of nitrogens with one attached hydrogen (secondary N) is 3. The molecule has 0 unspecified atom stereocenters. The largest absolute Gasteiger partial charge is 0.334 e. The molecule has 2 amide bonds. The van der Waals surface area contributed by atoms with Gasteiger partial charge in [0.05, 0.1) is 6.04 Å². The molecule has 0 heterocycles. The molecule has 5 nitrogen and oxygen atoms in total. The van der Waals surface area contributed by atoms with Crippen molar-refractivity contribution >= 4 is 29.6 Å². The molecule has 0 saturated heterocycles. The lowest BCUT2D eigenvalue weighted by Crippen LogP contribution is -2.29. The highest BCUT2D eigenvalue weighted by Gasteiger charge is 2.04. The quantitative estimate of drug-likeness (QED) is 0.629. The van der Waals surface area contributed by atoms with Crippen LogP contribution in [0.2, 0.25) is 5.02 Å². The van der Waals surface area contributed by atoms with E-state index >= 15 is 0 Å². The summed E-state index contributed by atoms with van der Waals surface area (Å²) >= 11 is 5.83. The van der Waals surface area contributed by atoms with Gasteiger partial charge >= 0.3 is 6.03 Å². The van der Waals surface area contributed by atoms with Crippen LogP contribution in [-0.2, 0) is 17.9 Å². The van der Waals surface area contributed by atoms with E-state index in [0.29, 0.717) is 23.8 Å². The molecule has 0 aliphatic carbocycles. The molecule has 0 saturated carbocycles. The van der Waals surface area contributed by atoms with Gasteiger partial charge in [0.1, 0.15) is 6.29 Å². The molecule has 1 atom stereocenters. The minimum atomic E-state index is -0.271. The molecular formula is C19H22ClN3O2. The van der Waals surface area contributed by atoms with Crippen molar-refractivity contribution in [1.29, 1.82) is 0 Å². The van der Waals surface area contributed by atoms with Crippen LogP contribution < -0.4 is 16.0 Å². The number of rotatable bonds is 8. The van der Waals surface area contributed by atoms with Crippen LogP contribution >= 0.6 is 11.6 Å². The number of urea groups is 1. The summed E-state index contributed by atoms with van der Waals surface area (Å²) in [5, 5.41) is 9.41. The second kappa shape index (κ2) is 9.81. The zero-order valence-electron chi connectivity index (χ0n) is 14.1. The molecule has 25 heavy (non-hydrogen) atoms. The molecular weight excluding hydrogens is 338 g/mol. The summed E-state index contributed by atoms with van der Waals surface area (Å²) in [4.78, 5) is 22.7. The van der Waals surface area contributed by atoms with Crippen molar-refractivity contribution in [3.63, 3.8) is 0 Å². The van der Waals surface area contributed by atoms with Gasteiger partial charge in [-0.05, 0) is 41.8 Å². The minimum absolute atomic E-state index is 0.128. The third-order valence-electron chi connectivity index (χ3n) is 3.75. The second-order valence-electron chi connectivity index (χ2n) is 5.66. The molecule has 0 aliphatic rings. The number of carbonyl (C=O) groups excluding carboxylic acids is 2. The highest BCUT2D eigenvalue weighted by Crippen LogP contribution is 2.11. The molecule has 0 spiro atoms. The van der Waals surface area contributed by atoms with Crippen LogP contribution in [0.25, 0.3) is 0 Å². The van der Waals surface area contributed by atoms with Gasteiger partial charge in [0.2, 0.25) is 0 Å². The van der Waals surface area contributed by atoms with Gasteiger partial charge in [-0.3, -0.25) is 0 Å². The first kappa shape index (κ1) is 19.0. The molecule has 3 N–H and O–H groups in total. The van der Waals surface area contributed by atoms with Crippen LogP contribution in [0.15, 0.2) is 48.5 Å². The zero-order valence-corrected chi connectivity index (χ0v) is 14.8. The first-order valence-electron chi connectivity index (χ1n) is 8.17. The van der Waals surface area contributed by atoms with E-state index in [4.69, 9.17) is 11.6 Å². The molecule has 132 valence electrons. The number of carbonyl (C=O) groups is 2. The van der Waals surface area contributed by atoms with Gasteiger partial charge in [-0.15, -0.1) is 0 Å². The van der Waals surface area contributed by atoms with E-state index in [1.807, 2.05) is 43.3 Å². The Morgan fingerprint density at radius 2 is 1.64 bits per heavy atom. The Morgan fingerprint density at radius 3 is 2.24 bits per heavy atom. The fraction of sp³-hybridized carbons (Fsp3) is 0.263. The molecule has 0 fully saturated rings. The number of amides is 2. The summed E-state index contributed by atoms with van der Waals surface area (Å²) in [5.41, 5.74) is 2.73. The number of aldehydes is 1. The fourth-order valence-electron chi connectivity index (χ4n) is 2.20. The van der Waals surface area contributed by atoms with E-state index in [-0.39, 0.29) is 12.1 Å². The van der Waals surface area contributed by atoms with Crippen LogP contribution in [0.3, 0.4) is 0 Å². The van der Waals surface area contributed by atoms with Crippen LogP contribution in [0, 0.1) is 0 Å². The van der Waals surface area contributed by atoms with Gasteiger partial charge in [0.15, 0.2) is 0 Å². The van der Waals surface area contributed by atoms with Crippen molar-refractivity contribution in [3.8, 4) is 0 Å². The number of halogens is 1. The fourth-order valence-corrected chi connectivity index (χ4v) is 2.33. The van der Waals surface area contributed by atoms with Gasteiger partial charge in [0.25, 0.3) is 0 Å². The van der Waals surface area contributed by atoms with Crippen LogP contribution in [0.1, 0.15) is 24.5 Å². The van der Waals surface area contributed by atoms with Crippen molar-refractivity contribution in [2.24, 2.45) is 0 Å². The number of hydrogen-bond donors (Lipinski definition) is 3. The summed E-state index contributed by atoms with van der Waals surface area (Å²) in [7, 11) is 0. The lowest BCUT2D eigenvalue weighted by atomic mass is 10.2. The lowest BCUT2D eigenvalue weighted by molar-refractivity contribution is -0.109. The van der Waals surface area contributed by atoms with Crippen LogP contribution in [0.5, 0.6) is 0 Å². The van der Waals surface area contributed by atoms with E-state index < -0.39 is 0 Å². The van der Waals surface area contributed by atoms with Gasteiger partial charge in [-0.2, -0.15) is 0 Å². The summed E-state index contributed by atoms with van der Waals surface area (Å²) < 4.78 is 0. The standard InChI is InChI=1S/C19H22ClN3O2/c1-2-17(13-24)21-11-15-5-9-18(10-6-15)23-19(25)22-12-14-3-7-16(20)8-4-14/h3-10,13,17,21H,2,11-12H2,1H3,(H2,22,23,25)/t17-/m0/s1. The van der Waals surface area contributed by atoms with E-state index in [2.05, 4.69) is 16.0 Å². The van der Waals surface area contributed by atoms with Crippen molar-refractivity contribution in [3.05, 3.63) is 64.7 Å². The maximum Gasteiger partial charge on any atom is 0.319 e. The maximum atomic E-state index is 11.9. The van der Waals surface area contributed by atoms with E-state index in [9.17, 15) is 9.59 Å². The van der Waals surface area contributed by atoms with Crippen molar-refractivity contribution < 1.29 is 9.59 Å². The molecule has 0 aromatic heterocycles. The number of benzene rings is 2. The molecule has 0 radical (unpaired) electrons. The molecule has 6 heteroatoms. The average Bonchev–Trinajstić information content (AvgIpc) is 2.63. The van der Waals surface area contributed by atoms with Gasteiger partial charge in [-0.1, -0.05) is 42.8 Å². The van der Waals surface area contributed by atoms with Gasteiger partial charge < -0.3 is 20.7 Å². The normalized spacial score (nSPS) is 11.6. The Hall–Kier alpha value is -2.37. The third kappa shape index (κ3) is 6.57. The number of hydrogen-bond acceptors (Lipinski definition) is 3. The molecule has 0 aliphatic heterocycles. The predicted octanol–water partition coefficient (Wildman–Crippen LogP) is 3.73. The van der Waals surface area contributed by atoms with Crippen molar-refractivity contribution in [2.75, 3.05) is 5.32 Å². The summed E-state index contributed by atoms with van der Waals surface area (Å²) in [5.74, 6) is 0. The van der Waals surface area contributed by atoms with E-state index in [1.165, 1.54) is 0 Å². The second-order valence-corrected chi connectivity index (χ2v) is 6.10. The lowest BCUT2D eigenvalue weighted by Gasteiger charge is -2.11. The smallest absolute Gasteiger partial charge is 0.319 e. The third-order valence-corrected chi connectivity index (χ3v) is 4.00.